The van der Waals surface area contributed by atoms with Gasteiger partial charge in [-0.05, 0) is 13.0 Å². The van der Waals surface area contributed by atoms with Crippen LogP contribution in [0.1, 0.15) is 12.6 Å². The smallest absolute Gasteiger partial charge is 0.307 e. The van der Waals surface area contributed by atoms with Crippen LogP contribution in [-0.4, -0.2) is 26.7 Å². The predicted molar refractivity (Wildman–Crippen MR) is 63.2 cm³/mol. The summed E-state index contributed by atoms with van der Waals surface area (Å²) in [5.74, 6) is -1.23. The summed E-state index contributed by atoms with van der Waals surface area (Å²) in [6.45, 7) is 3.28. The molecule has 92 valence electrons. The lowest BCUT2D eigenvalue weighted by molar-refractivity contribution is -0.388. The zero-order chi connectivity index (χ0) is 13.0. The lowest BCUT2D eigenvalue weighted by Crippen LogP contribution is -2.12. The number of nitro groups is 1. The van der Waals surface area contributed by atoms with Crippen molar-refractivity contribution in [2.45, 2.75) is 18.9 Å². The monoisotopic (exact) mass is 256 g/mol. The summed E-state index contributed by atoms with van der Waals surface area (Å²) < 4.78 is 0. The van der Waals surface area contributed by atoms with Crippen LogP contribution in [0.15, 0.2) is 17.2 Å². The molecule has 1 aromatic heterocycles. The Bertz CT molecular complexity index is 450. The molecule has 0 saturated carbocycles. The Morgan fingerprint density at radius 2 is 2.29 bits per heavy atom. The molecule has 0 aliphatic heterocycles. The minimum atomic E-state index is -0.923. The van der Waals surface area contributed by atoms with Gasteiger partial charge in [0.2, 0.25) is 0 Å². The Morgan fingerprint density at radius 1 is 1.65 bits per heavy atom. The van der Waals surface area contributed by atoms with E-state index in [1.54, 1.807) is 19.9 Å². The number of thioether (sulfide) groups is 1. The molecule has 1 aromatic rings. The van der Waals surface area contributed by atoms with Crippen molar-refractivity contribution >= 4 is 23.4 Å². The molecule has 6 nitrogen and oxygen atoms in total. The number of aliphatic carboxylic acids is 1. The highest BCUT2D eigenvalue weighted by molar-refractivity contribution is 7.99. The number of hydrogen-bond donors (Lipinski definition) is 1. The quantitative estimate of drug-likeness (QED) is 0.492. The lowest BCUT2D eigenvalue weighted by Gasteiger charge is -2.06. The molecule has 1 N–H and O–H groups in total. The summed E-state index contributed by atoms with van der Waals surface area (Å²) in [5.41, 5.74) is 0.583. The average Bonchev–Trinajstić information content (AvgIpc) is 2.25. The van der Waals surface area contributed by atoms with E-state index in [4.69, 9.17) is 5.11 Å². The first-order valence-electron chi connectivity index (χ1n) is 4.89. The SMILES string of the molecule is Cc1ccc([N+](=O)[O-])c(SCC(C)C(=O)O)n1. The maximum absolute atomic E-state index is 10.7. The van der Waals surface area contributed by atoms with Crippen LogP contribution >= 0.6 is 11.8 Å². The first-order chi connectivity index (χ1) is 7.91. The summed E-state index contributed by atoms with van der Waals surface area (Å²) in [6.07, 6.45) is 0. The fraction of sp³-hybridized carbons (Fsp3) is 0.400. The van der Waals surface area contributed by atoms with Crippen molar-refractivity contribution in [2.24, 2.45) is 5.92 Å². The molecule has 1 unspecified atom stereocenters. The van der Waals surface area contributed by atoms with E-state index in [1.165, 1.54) is 6.07 Å². The number of aryl methyl sites for hydroxylation is 1. The first-order valence-corrected chi connectivity index (χ1v) is 5.88. The molecular weight excluding hydrogens is 244 g/mol. The number of rotatable bonds is 5. The Hall–Kier alpha value is -1.63. The van der Waals surface area contributed by atoms with Crippen molar-refractivity contribution in [2.75, 3.05) is 5.75 Å². The molecule has 1 rings (SSSR count). The molecule has 7 heteroatoms. The van der Waals surface area contributed by atoms with E-state index < -0.39 is 16.8 Å². The maximum Gasteiger partial charge on any atom is 0.307 e. The van der Waals surface area contributed by atoms with Crippen molar-refractivity contribution in [3.63, 3.8) is 0 Å². The van der Waals surface area contributed by atoms with Crippen molar-refractivity contribution in [3.05, 3.63) is 27.9 Å². The van der Waals surface area contributed by atoms with Crippen LogP contribution in [0.5, 0.6) is 0 Å². The Kier molecular flexibility index (Phi) is 4.45. The third-order valence-electron chi connectivity index (χ3n) is 2.07. The summed E-state index contributed by atoms with van der Waals surface area (Å²) in [5, 5.41) is 19.7. The van der Waals surface area contributed by atoms with Crippen LogP contribution in [0.3, 0.4) is 0 Å². The minimum absolute atomic E-state index is 0.0850. The van der Waals surface area contributed by atoms with Crippen molar-refractivity contribution in [1.29, 1.82) is 0 Å². The van der Waals surface area contributed by atoms with E-state index in [0.29, 0.717) is 5.69 Å². The van der Waals surface area contributed by atoms with Gasteiger partial charge in [0.15, 0.2) is 5.03 Å². The Balaban J connectivity index is 2.85. The van der Waals surface area contributed by atoms with Crippen LogP contribution in [-0.2, 0) is 4.79 Å². The van der Waals surface area contributed by atoms with E-state index in [-0.39, 0.29) is 16.5 Å². The lowest BCUT2D eigenvalue weighted by atomic mass is 10.2. The molecule has 0 bridgehead atoms. The van der Waals surface area contributed by atoms with E-state index in [9.17, 15) is 14.9 Å². The number of carboxylic acids is 1. The second-order valence-electron chi connectivity index (χ2n) is 3.58. The number of carbonyl (C=O) groups is 1. The van der Waals surface area contributed by atoms with E-state index in [1.807, 2.05) is 0 Å². The van der Waals surface area contributed by atoms with Crippen LogP contribution in [0.4, 0.5) is 5.69 Å². The standard InChI is InChI=1S/C10H12N2O4S/c1-6(10(13)14)5-17-9-8(12(15)16)4-3-7(2)11-9/h3-4,6H,5H2,1-2H3,(H,13,14). The Morgan fingerprint density at radius 3 is 2.82 bits per heavy atom. The van der Waals surface area contributed by atoms with Gasteiger partial charge in [-0.1, -0.05) is 18.7 Å². The van der Waals surface area contributed by atoms with Crippen LogP contribution in [0.2, 0.25) is 0 Å². The molecule has 1 atom stereocenters. The molecule has 0 aliphatic rings. The minimum Gasteiger partial charge on any atom is -0.481 e. The van der Waals surface area contributed by atoms with E-state index >= 15 is 0 Å². The second-order valence-corrected chi connectivity index (χ2v) is 4.59. The molecule has 0 aliphatic carbocycles. The van der Waals surface area contributed by atoms with Gasteiger partial charge in [0.05, 0.1) is 10.8 Å². The molecule has 0 radical (unpaired) electrons. The average molecular weight is 256 g/mol. The Labute approximate surface area is 102 Å². The van der Waals surface area contributed by atoms with Crippen molar-refractivity contribution in [3.8, 4) is 0 Å². The van der Waals surface area contributed by atoms with Gasteiger partial charge >= 0.3 is 11.7 Å². The van der Waals surface area contributed by atoms with E-state index in [0.717, 1.165) is 11.8 Å². The molecular formula is C10H12N2O4S. The third-order valence-corrected chi connectivity index (χ3v) is 3.31. The molecule has 17 heavy (non-hydrogen) atoms. The maximum atomic E-state index is 10.7. The normalized spacial score (nSPS) is 12.1. The van der Waals surface area contributed by atoms with Crippen LogP contribution in [0, 0.1) is 23.0 Å². The molecule has 0 fully saturated rings. The van der Waals surface area contributed by atoms with Crippen LogP contribution < -0.4 is 0 Å². The summed E-state index contributed by atoms with van der Waals surface area (Å²) in [7, 11) is 0. The second kappa shape index (κ2) is 5.62. The van der Waals surface area contributed by atoms with Crippen molar-refractivity contribution < 1.29 is 14.8 Å². The highest BCUT2D eigenvalue weighted by Gasteiger charge is 2.18. The topological polar surface area (TPSA) is 93.3 Å². The zero-order valence-corrected chi connectivity index (χ0v) is 10.2. The van der Waals surface area contributed by atoms with Gasteiger partial charge in [-0.25, -0.2) is 4.98 Å². The highest BCUT2D eigenvalue weighted by Crippen LogP contribution is 2.28. The van der Waals surface area contributed by atoms with Gasteiger partial charge in [-0.15, -0.1) is 0 Å². The summed E-state index contributed by atoms with van der Waals surface area (Å²) >= 11 is 1.09. The third kappa shape index (κ3) is 3.70. The number of pyridine rings is 1. The van der Waals surface area contributed by atoms with Gasteiger partial charge < -0.3 is 5.11 Å². The fourth-order valence-electron chi connectivity index (χ4n) is 1.05. The first kappa shape index (κ1) is 13.4. The number of hydrogen-bond acceptors (Lipinski definition) is 5. The van der Waals surface area contributed by atoms with Crippen LogP contribution in [0.25, 0.3) is 0 Å². The fourth-order valence-corrected chi connectivity index (χ4v) is 2.10. The van der Waals surface area contributed by atoms with Gasteiger partial charge in [0.1, 0.15) is 0 Å². The number of aromatic nitrogens is 1. The van der Waals surface area contributed by atoms with Gasteiger partial charge in [0.25, 0.3) is 0 Å². The van der Waals surface area contributed by atoms with Gasteiger partial charge in [0, 0.05) is 17.5 Å². The molecule has 0 aromatic carbocycles. The highest BCUT2D eigenvalue weighted by atomic mass is 32.2. The molecule has 0 spiro atoms. The molecule has 0 amide bonds. The number of nitrogens with zero attached hydrogens (tertiary/aromatic N) is 2. The predicted octanol–water partition coefficient (Wildman–Crippen LogP) is 2.11. The van der Waals surface area contributed by atoms with Crippen molar-refractivity contribution in [1.82, 2.24) is 4.98 Å². The summed E-state index contributed by atoms with van der Waals surface area (Å²) in [6, 6.07) is 2.94. The molecule has 1 heterocycles. The molecule has 0 saturated heterocycles. The zero-order valence-electron chi connectivity index (χ0n) is 9.41. The van der Waals surface area contributed by atoms with Gasteiger partial charge in [-0.3, -0.25) is 14.9 Å². The summed E-state index contributed by atoms with van der Waals surface area (Å²) in [4.78, 5) is 24.9. The largest absolute Gasteiger partial charge is 0.481 e. The van der Waals surface area contributed by atoms with E-state index in [2.05, 4.69) is 4.98 Å². The number of carboxylic acid groups (broad SMARTS) is 1. The van der Waals surface area contributed by atoms with Gasteiger partial charge in [-0.2, -0.15) is 0 Å².